The molecule has 1 aliphatic carbocycles. The van der Waals surface area contributed by atoms with Crippen molar-refractivity contribution in [3.05, 3.63) is 35.4 Å². The van der Waals surface area contributed by atoms with E-state index in [4.69, 9.17) is 9.40 Å². The molecule has 3 heterocycles. The van der Waals surface area contributed by atoms with Crippen molar-refractivity contribution < 1.29 is 14.0 Å². The maximum absolute atomic E-state index is 12.7. The van der Waals surface area contributed by atoms with Crippen LogP contribution in [0.2, 0.25) is 0 Å². The fourth-order valence-corrected chi connectivity index (χ4v) is 3.64. The molecule has 136 valence electrons. The van der Waals surface area contributed by atoms with E-state index >= 15 is 0 Å². The van der Waals surface area contributed by atoms with Gasteiger partial charge in [-0.2, -0.15) is 4.98 Å². The Morgan fingerprint density at radius 1 is 1.23 bits per heavy atom. The van der Waals surface area contributed by atoms with Crippen molar-refractivity contribution in [1.29, 1.82) is 0 Å². The van der Waals surface area contributed by atoms with Gasteiger partial charge in [0, 0.05) is 52.0 Å². The number of carbonyl (C=O) groups is 2. The van der Waals surface area contributed by atoms with Gasteiger partial charge in [0.2, 0.25) is 12.4 Å². The number of hydrogen-bond donors (Lipinski definition) is 1. The molecule has 2 aromatic rings. The zero-order valence-electron chi connectivity index (χ0n) is 14.6. The number of carbonyl (C=O) groups excluding carboxylic acids is 2. The van der Waals surface area contributed by atoms with Crippen molar-refractivity contribution in [3.63, 3.8) is 0 Å². The summed E-state index contributed by atoms with van der Waals surface area (Å²) in [5, 5.41) is 3.05. The summed E-state index contributed by atoms with van der Waals surface area (Å²) < 4.78 is 5.50. The minimum Gasteiger partial charge on any atom is -0.469 e. The second-order valence-electron chi connectivity index (χ2n) is 6.62. The second-order valence-corrected chi connectivity index (χ2v) is 6.62. The third-order valence-electron chi connectivity index (χ3n) is 5.05. The molecule has 1 saturated heterocycles. The van der Waals surface area contributed by atoms with E-state index in [0.717, 1.165) is 17.9 Å². The van der Waals surface area contributed by atoms with Gasteiger partial charge < -0.3 is 19.5 Å². The van der Waals surface area contributed by atoms with Crippen LogP contribution in [0.1, 0.15) is 34.2 Å². The molecule has 0 saturated carbocycles. The molecule has 26 heavy (non-hydrogen) atoms. The Bertz CT molecular complexity index is 812. The Morgan fingerprint density at radius 3 is 2.69 bits per heavy atom. The summed E-state index contributed by atoms with van der Waals surface area (Å²) >= 11 is 0. The molecular weight excluding hydrogens is 334 g/mol. The number of furan rings is 1. The Hall–Kier alpha value is -2.90. The fraction of sp³-hybridized carbons (Fsp3) is 0.444. The third-order valence-corrected chi connectivity index (χ3v) is 5.05. The van der Waals surface area contributed by atoms with Crippen LogP contribution in [0.15, 0.2) is 22.8 Å². The van der Waals surface area contributed by atoms with Crippen molar-refractivity contribution in [2.45, 2.75) is 18.8 Å². The molecule has 8 nitrogen and oxygen atoms in total. The second kappa shape index (κ2) is 6.78. The van der Waals surface area contributed by atoms with Gasteiger partial charge >= 0.3 is 0 Å². The zero-order chi connectivity index (χ0) is 18.1. The molecule has 2 aliphatic rings. The molecule has 0 bridgehead atoms. The maximum Gasteiger partial charge on any atom is 0.227 e. The molecule has 2 aromatic heterocycles. The number of ketones is 1. The highest BCUT2D eigenvalue weighted by Crippen LogP contribution is 2.35. The van der Waals surface area contributed by atoms with Gasteiger partial charge in [0.15, 0.2) is 5.78 Å². The summed E-state index contributed by atoms with van der Waals surface area (Å²) in [6.07, 6.45) is 3.55. The number of piperazine rings is 1. The molecule has 0 aromatic carbocycles. The lowest BCUT2D eigenvalue weighted by molar-refractivity contribution is -0.118. The van der Waals surface area contributed by atoms with Gasteiger partial charge in [-0.1, -0.05) is 0 Å². The molecule has 0 spiro atoms. The summed E-state index contributed by atoms with van der Waals surface area (Å²) in [5.74, 6) is 2.03. The van der Waals surface area contributed by atoms with Crippen LogP contribution in [0.5, 0.6) is 0 Å². The normalized spacial score (nSPS) is 20.0. The van der Waals surface area contributed by atoms with Gasteiger partial charge in [-0.15, -0.1) is 0 Å². The number of nitrogens with one attached hydrogen (secondary N) is 1. The summed E-state index contributed by atoms with van der Waals surface area (Å²) in [6, 6.07) is 3.74. The Morgan fingerprint density at radius 2 is 2.04 bits per heavy atom. The molecule has 0 radical (unpaired) electrons. The van der Waals surface area contributed by atoms with E-state index in [1.807, 2.05) is 12.1 Å². The van der Waals surface area contributed by atoms with Gasteiger partial charge in [0.25, 0.3) is 0 Å². The monoisotopic (exact) mass is 355 g/mol. The number of anilines is 2. The van der Waals surface area contributed by atoms with Crippen molar-refractivity contribution in [3.8, 4) is 0 Å². The predicted octanol–water partition coefficient (Wildman–Crippen LogP) is 1.30. The van der Waals surface area contributed by atoms with E-state index in [2.05, 4.69) is 15.2 Å². The number of fused-ring (bicyclic) bond motifs is 1. The maximum atomic E-state index is 12.7. The van der Waals surface area contributed by atoms with E-state index < -0.39 is 0 Å². The molecule has 1 unspecified atom stereocenters. The van der Waals surface area contributed by atoms with Crippen molar-refractivity contribution in [1.82, 2.24) is 14.9 Å². The summed E-state index contributed by atoms with van der Waals surface area (Å²) in [5.41, 5.74) is 1.35. The van der Waals surface area contributed by atoms with Crippen LogP contribution >= 0.6 is 0 Å². The average Bonchev–Trinajstić information content (AvgIpc) is 3.21. The third kappa shape index (κ3) is 2.91. The molecule has 4 rings (SSSR count). The van der Waals surface area contributed by atoms with Gasteiger partial charge in [0.1, 0.15) is 11.6 Å². The van der Waals surface area contributed by atoms with Gasteiger partial charge in [-0.05, 0) is 12.1 Å². The lowest BCUT2D eigenvalue weighted by Crippen LogP contribution is -2.46. The van der Waals surface area contributed by atoms with E-state index in [0.29, 0.717) is 56.4 Å². The number of Topliss-reactive ketones (excluding diaryl/α,β-unsaturated/α-hetero) is 1. The van der Waals surface area contributed by atoms with Gasteiger partial charge in [-0.25, -0.2) is 4.98 Å². The molecule has 8 heteroatoms. The lowest BCUT2D eigenvalue weighted by Gasteiger charge is -2.33. The number of hydrogen-bond acceptors (Lipinski definition) is 7. The van der Waals surface area contributed by atoms with Gasteiger partial charge in [0.05, 0.1) is 17.5 Å². The number of rotatable bonds is 4. The SMILES string of the molecule is CNc1nc(N2CCN(C=O)CC2)nc2c1C(=O)CC(c1ccco1)C2. The Labute approximate surface area is 151 Å². The quantitative estimate of drug-likeness (QED) is 0.827. The smallest absolute Gasteiger partial charge is 0.227 e. The highest BCUT2D eigenvalue weighted by molar-refractivity contribution is 6.03. The van der Waals surface area contributed by atoms with Crippen LogP contribution in [0.4, 0.5) is 11.8 Å². The summed E-state index contributed by atoms with van der Waals surface area (Å²) in [4.78, 5) is 36.7. The first-order valence-corrected chi connectivity index (χ1v) is 8.79. The highest BCUT2D eigenvalue weighted by atomic mass is 16.3. The van der Waals surface area contributed by atoms with Crippen LogP contribution in [-0.4, -0.2) is 60.3 Å². The minimum atomic E-state index is 0.00404. The van der Waals surface area contributed by atoms with E-state index in [9.17, 15) is 9.59 Å². The first kappa shape index (κ1) is 16.6. The van der Waals surface area contributed by atoms with Crippen molar-refractivity contribution >= 4 is 24.0 Å². The summed E-state index contributed by atoms with van der Waals surface area (Å²) in [6.45, 7) is 2.64. The zero-order valence-corrected chi connectivity index (χ0v) is 14.6. The minimum absolute atomic E-state index is 0.00404. The topological polar surface area (TPSA) is 91.6 Å². The Kier molecular flexibility index (Phi) is 4.32. The average molecular weight is 355 g/mol. The van der Waals surface area contributed by atoms with Crippen LogP contribution in [0.3, 0.4) is 0 Å². The van der Waals surface area contributed by atoms with Crippen molar-refractivity contribution in [2.75, 3.05) is 43.4 Å². The van der Waals surface area contributed by atoms with Crippen LogP contribution < -0.4 is 10.2 Å². The van der Waals surface area contributed by atoms with Crippen LogP contribution in [-0.2, 0) is 11.2 Å². The van der Waals surface area contributed by atoms with Crippen LogP contribution in [0.25, 0.3) is 0 Å². The molecule has 1 N–H and O–H groups in total. The molecule has 1 atom stereocenters. The number of aromatic nitrogens is 2. The molecule has 1 fully saturated rings. The van der Waals surface area contributed by atoms with E-state index in [-0.39, 0.29) is 11.7 Å². The number of nitrogens with zero attached hydrogens (tertiary/aromatic N) is 4. The largest absolute Gasteiger partial charge is 0.469 e. The fourth-order valence-electron chi connectivity index (χ4n) is 3.64. The van der Waals surface area contributed by atoms with E-state index in [1.54, 1.807) is 18.2 Å². The molecule has 1 amide bonds. The first-order valence-electron chi connectivity index (χ1n) is 8.79. The van der Waals surface area contributed by atoms with Crippen molar-refractivity contribution in [2.24, 2.45) is 0 Å². The summed E-state index contributed by atoms with van der Waals surface area (Å²) in [7, 11) is 1.77. The molecular formula is C18H21N5O3. The molecule has 1 aliphatic heterocycles. The van der Waals surface area contributed by atoms with Crippen LogP contribution in [0, 0.1) is 0 Å². The first-order chi connectivity index (χ1) is 12.7. The van der Waals surface area contributed by atoms with Gasteiger partial charge in [-0.3, -0.25) is 9.59 Å². The van der Waals surface area contributed by atoms with E-state index in [1.165, 1.54) is 0 Å². The highest BCUT2D eigenvalue weighted by Gasteiger charge is 2.33. The predicted molar refractivity (Wildman–Crippen MR) is 95.5 cm³/mol. The Balaban J connectivity index is 1.66. The standard InChI is InChI=1S/C18H21N5O3/c1-19-17-16-13(9-12(10-14(16)25)15-3-2-8-26-15)20-18(21-17)23-6-4-22(11-24)5-7-23/h2-3,8,11-12H,4-7,9-10H2,1H3,(H,19,20,21). The number of amides is 1. The lowest BCUT2D eigenvalue weighted by atomic mass is 9.84.